The Balaban J connectivity index is 2.03. The molecule has 110 valence electrons. The molecule has 0 unspecified atom stereocenters. The molecule has 2 amide bonds. The molecule has 2 aromatic rings. The van der Waals surface area contributed by atoms with Crippen LogP contribution in [0.1, 0.15) is 20.8 Å². The zero-order valence-electron chi connectivity index (χ0n) is 11.1. The highest BCUT2D eigenvalue weighted by atomic mass is 35.5. The third-order valence-corrected chi connectivity index (χ3v) is 4.02. The first-order chi connectivity index (χ1) is 9.97. The molecule has 0 aliphatic rings. The maximum absolute atomic E-state index is 11.8. The highest BCUT2D eigenvalue weighted by molar-refractivity contribution is 7.16. The number of aryl methyl sites for hydroxylation is 1. The summed E-state index contributed by atoms with van der Waals surface area (Å²) in [6.45, 7) is 2.01. The van der Waals surface area contributed by atoms with Crippen LogP contribution in [0.15, 0.2) is 30.3 Å². The van der Waals surface area contributed by atoms with Crippen molar-refractivity contribution in [3.63, 3.8) is 0 Å². The topological polar surface area (TPSA) is 78.4 Å². The minimum Gasteiger partial charge on any atom is -0.478 e. The number of aromatic carboxylic acids is 1. The first-order valence-electron chi connectivity index (χ1n) is 6.09. The molecule has 21 heavy (non-hydrogen) atoms. The lowest BCUT2D eigenvalue weighted by molar-refractivity contribution is 0.0697. The summed E-state index contributed by atoms with van der Waals surface area (Å²) in [5, 5.41) is 14.4. The second-order valence-corrected chi connectivity index (χ2v) is 6.12. The second kappa shape index (κ2) is 6.60. The van der Waals surface area contributed by atoms with Crippen molar-refractivity contribution < 1.29 is 14.7 Å². The summed E-state index contributed by atoms with van der Waals surface area (Å²) >= 11 is 7.18. The summed E-state index contributed by atoms with van der Waals surface area (Å²) in [5.41, 5.74) is 0.946. The van der Waals surface area contributed by atoms with Gasteiger partial charge in [-0.1, -0.05) is 23.7 Å². The van der Waals surface area contributed by atoms with Crippen molar-refractivity contribution in [1.29, 1.82) is 0 Å². The largest absolute Gasteiger partial charge is 0.478 e. The average molecular weight is 325 g/mol. The van der Waals surface area contributed by atoms with E-state index in [4.69, 9.17) is 11.6 Å². The average Bonchev–Trinajstić information content (AvgIpc) is 2.82. The third kappa shape index (κ3) is 3.96. The van der Waals surface area contributed by atoms with Crippen molar-refractivity contribution >= 4 is 40.6 Å². The van der Waals surface area contributed by atoms with Gasteiger partial charge in [0.05, 0.1) is 22.1 Å². The van der Waals surface area contributed by atoms with Gasteiger partial charge in [-0.05, 0) is 30.7 Å². The highest BCUT2D eigenvalue weighted by Gasteiger charge is 2.14. The van der Waals surface area contributed by atoms with Crippen LogP contribution in [0.3, 0.4) is 0 Å². The van der Waals surface area contributed by atoms with Gasteiger partial charge in [0.2, 0.25) is 0 Å². The number of carbonyl (C=O) groups excluding carboxylic acids is 1. The van der Waals surface area contributed by atoms with E-state index in [0.29, 0.717) is 16.4 Å². The van der Waals surface area contributed by atoms with Crippen LogP contribution in [0.5, 0.6) is 0 Å². The van der Waals surface area contributed by atoms with Crippen molar-refractivity contribution in [1.82, 2.24) is 5.32 Å². The molecule has 0 saturated heterocycles. The summed E-state index contributed by atoms with van der Waals surface area (Å²) in [4.78, 5) is 24.0. The molecule has 2 rings (SSSR count). The quantitative estimate of drug-likeness (QED) is 0.801. The van der Waals surface area contributed by atoms with E-state index >= 15 is 0 Å². The Morgan fingerprint density at radius 1 is 1.29 bits per heavy atom. The van der Waals surface area contributed by atoms with E-state index in [9.17, 15) is 14.7 Å². The lowest BCUT2D eigenvalue weighted by Crippen LogP contribution is -2.28. The van der Waals surface area contributed by atoms with Gasteiger partial charge in [0.15, 0.2) is 0 Å². The number of carboxylic acids is 1. The van der Waals surface area contributed by atoms with E-state index in [1.165, 1.54) is 11.3 Å². The Kier molecular flexibility index (Phi) is 4.82. The van der Waals surface area contributed by atoms with Crippen LogP contribution in [-0.4, -0.2) is 17.1 Å². The molecule has 7 heteroatoms. The fraction of sp³-hybridized carbons (Fsp3) is 0.143. The van der Waals surface area contributed by atoms with Gasteiger partial charge >= 0.3 is 12.0 Å². The SMILES string of the molecule is Cc1cccc(NC(=O)NCc2ccc(Cl)s2)c1C(=O)O. The molecule has 0 aliphatic heterocycles. The van der Waals surface area contributed by atoms with Crippen LogP contribution in [0.4, 0.5) is 10.5 Å². The molecular formula is C14H13ClN2O3S. The molecule has 0 bridgehead atoms. The number of thiophene rings is 1. The van der Waals surface area contributed by atoms with Gasteiger partial charge in [0, 0.05) is 4.88 Å². The van der Waals surface area contributed by atoms with Crippen molar-refractivity contribution in [3.05, 3.63) is 50.7 Å². The summed E-state index contributed by atoms with van der Waals surface area (Å²) in [6, 6.07) is 8.04. The van der Waals surface area contributed by atoms with Crippen molar-refractivity contribution in [2.75, 3.05) is 5.32 Å². The smallest absolute Gasteiger partial charge is 0.338 e. The van der Waals surface area contributed by atoms with Crippen LogP contribution in [-0.2, 0) is 6.54 Å². The first-order valence-corrected chi connectivity index (χ1v) is 7.29. The maximum atomic E-state index is 11.8. The zero-order valence-corrected chi connectivity index (χ0v) is 12.7. The molecule has 1 aromatic carbocycles. The predicted octanol–water partition coefficient (Wildman–Crippen LogP) is 3.73. The van der Waals surface area contributed by atoms with Gasteiger partial charge in [-0.15, -0.1) is 11.3 Å². The molecule has 0 radical (unpaired) electrons. The fourth-order valence-corrected chi connectivity index (χ4v) is 2.86. The highest BCUT2D eigenvalue weighted by Crippen LogP contribution is 2.21. The molecular weight excluding hydrogens is 312 g/mol. The van der Waals surface area contributed by atoms with E-state index in [1.807, 2.05) is 6.07 Å². The third-order valence-electron chi connectivity index (χ3n) is 2.79. The van der Waals surface area contributed by atoms with Gasteiger partial charge in [-0.3, -0.25) is 0 Å². The number of amides is 2. The van der Waals surface area contributed by atoms with Gasteiger partial charge in [-0.2, -0.15) is 0 Å². The number of rotatable bonds is 4. The van der Waals surface area contributed by atoms with E-state index in [1.54, 1.807) is 31.2 Å². The number of carboxylic acid groups (broad SMARTS) is 1. The Hall–Kier alpha value is -2.05. The number of carbonyl (C=O) groups is 2. The van der Waals surface area contributed by atoms with Crippen molar-refractivity contribution in [2.45, 2.75) is 13.5 Å². The number of anilines is 1. The van der Waals surface area contributed by atoms with Crippen LogP contribution in [0.2, 0.25) is 4.34 Å². The van der Waals surface area contributed by atoms with Gasteiger partial charge in [0.25, 0.3) is 0 Å². The van der Waals surface area contributed by atoms with E-state index in [2.05, 4.69) is 10.6 Å². The van der Waals surface area contributed by atoms with Crippen molar-refractivity contribution in [2.24, 2.45) is 0 Å². The Morgan fingerprint density at radius 3 is 2.67 bits per heavy atom. The van der Waals surface area contributed by atoms with Crippen LogP contribution < -0.4 is 10.6 Å². The van der Waals surface area contributed by atoms with Crippen LogP contribution in [0, 0.1) is 6.92 Å². The number of urea groups is 1. The van der Waals surface area contributed by atoms with Gasteiger partial charge < -0.3 is 15.7 Å². The number of hydrogen-bond acceptors (Lipinski definition) is 3. The molecule has 0 spiro atoms. The molecule has 0 aliphatic carbocycles. The lowest BCUT2D eigenvalue weighted by atomic mass is 10.1. The Morgan fingerprint density at radius 2 is 2.05 bits per heavy atom. The summed E-state index contributed by atoms with van der Waals surface area (Å²) in [6.07, 6.45) is 0. The van der Waals surface area contributed by atoms with Crippen molar-refractivity contribution in [3.8, 4) is 0 Å². The number of hydrogen-bond donors (Lipinski definition) is 3. The normalized spacial score (nSPS) is 10.2. The molecule has 0 fully saturated rings. The molecule has 1 heterocycles. The number of halogens is 1. The standard InChI is InChI=1S/C14H13ClN2O3S/c1-8-3-2-4-10(12(8)13(18)19)17-14(20)16-7-9-5-6-11(15)21-9/h2-6H,7H2,1H3,(H,18,19)(H2,16,17,20). The van der Waals surface area contributed by atoms with E-state index in [0.717, 1.165) is 4.88 Å². The lowest BCUT2D eigenvalue weighted by Gasteiger charge is -2.11. The molecule has 5 nitrogen and oxygen atoms in total. The second-order valence-electron chi connectivity index (χ2n) is 4.32. The van der Waals surface area contributed by atoms with Crippen LogP contribution in [0.25, 0.3) is 0 Å². The van der Waals surface area contributed by atoms with Gasteiger partial charge in [0.1, 0.15) is 0 Å². The summed E-state index contributed by atoms with van der Waals surface area (Å²) in [7, 11) is 0. The minimum atomic E-state index is -1.08. The Labute approximate surface area is 130 Å². The number of benzene rings is 1. The summed E-state index contributed by atoms with van der Waals surface area (Å²) < 4.78 is 0.652. The minimum absolute atomic E-state index is 0.0896. The Bertz CT molecular complexity index is 685. The molecule has 0 atom stereocenters. The van der Waals surface area contributed by atoms with E-state index < -0.39 is 12.0 Å². The maximum Gasteiger partial charge on any atom is 0.338 e. The molecule has 3 N–H and O–H groups in total. The van der Waals surface area contributed by atoms with E-state index in [-0.39, 0.29) is 11.3 Å². The zero-order chi connectivity index (χ0) is 15.4. The fourth-order valence-electron chi connectivity index (χ4n) is 1.84. The summed E-state index contributed by atoms with van der Waals surface area (Å²) in [5.74, 6) is -1.08. The molecule has 0 saturated carbocycles. The monoisotopic (exact) mass is 324 g/mol. The molecule has 1 aromatic heterocycles. The first kappa shape index (κ1) is 15.3. The van der Waals surface area contributed by atoms with Crippen LogP contribution >= 0.6 is 22.9 Å². The predicted molar refractivity (Wildman–Crippen MR) is 83.3 cm³/mol. The van der Waals surface area contributed by atoms with Gasteiger partial charge in [-0.25, -0.2) is 9.59 Å². The number of nitrogens with one attached hydrogen (secondary N) is 2.